The van der Waals surface area contributed by atoms with Crippen LogP contribution in [0.2, 0.25) is 0 Å². The van der Waals surface area contributed by atoms with Gasteiger partial charge < -0.3 is 15.5 Å². The van der Waals surface area contributed by atoms with E-state index in [-0.39, 0.29) is 0 Å². The van der Waals surface area contributed by atoms with Gasteiger partial charge in [-0.3, -0.25) is 9.52 Å². The van der Waals surface area contributed by atoms with Gasteiger partial charge in [-0.2, -0.15) is 13.2 Å². The quantitative estimate of drug-likeness (QED) is 0.501. The van der Waals surface area contributed by atoms with Gasteiger partial charge in [0.05, 0.1) is 11.9 Å². The summed E-state index contributed by atoms with van der Waals surface area (Å²) in [6, 6.07) is 10.3. The van der Waals surface area contributed by atoms with Gasteiger partial charge in [0.25, 0.3) is 5.91 Å². The zero-order chi connectivity index (χ0) is 23.7. The number of carbonyl (C=O) groups is 1. The minimum absolute atomic E-state index is 0.485. The molecule has 0 saturated heterocycles. The van der Waals surface area contributed by atoms with Crippen LogP contribution < -0.4 is 10.0 Å². The molecule has 0 heterocycles. The monoisotopic (exact) mass is 468 g/mol. The molecule has 3 rings (SSSR count). The molecule has 7 nitrogen and oxygen atoms in total. The molecule has 1 aliphatic rings. The molecule has 1 atom stereocenters. The predicted octanol–water partition coefficient (Wildman–Crippen LogP) is 3.54. The number of aromatic hydroxyl groups is 2. The molecule has 1 amide bonds. The molecule has 170 valence electrons. The molecule has 0 aromatic heterocycles. The first-order chi connectivity index (χ1) is 14.8. The highest BCUT2D eigenvalue weighted by molar-refractivity contribution is 7.92. The van der Waals surface area contributed by atoms with E-state index in [2.05, 4.69) is 0 Å². The highest BCUT2D eigenvalue weighted by atomic mass is 32.2. The average molecular weight is 468 g/mol. The van der Waals surface area contributed by atoms with Crippen LogP contribution in [0.15, 0.2) is 60.7 Å². The van der Waals surface area contributed by atoms with E-state index in [0.29, 0.717) is 11.1 Å². The zero-order valence-corrected chi connectivity index (χ0v) is 17.5. The lowest BCUT2D eigenvalue weighted by Crippen LogP contribution is -2.57. The van der Waals surface area contributed by atoms with Gasteiger partial charge >= 0.3 is 6.18 Å². The zero-order valence-electron chi connectivity index (χ0n) is 16.6. The maximum atomic E-state index is 14.0. The fourth-order valence-electron chi connectivity index (χ4n) is 3.16. The predicted molar refractivity (Wildman–Crippen MR) is 113 cm³/mol. The van der Waals surface area contributed by atoms with Crippen molar-refractivity contribution in [3.8, 4) is 11.5 Å². The van der Waals surface area contributed by atoms with Crippen molar-refractivity contribution in [3.63, 3.8) is 0 Å². The topological polar surface area (TPSA) is 116 Å². The maximum absolute atomic E-state index is 14.0. The number of hydrogen-bond acceptors (Lipinski definition) is 5. The molecule has 2 aromatic rings. The second kappa shape index (κ2) is 8.23. The largest absolute Gasteiger partial charge is 0.504 e. The first kappa shape index (κ1) is 23.2. The van der Waals surface area contributed by atoms with E-state index in [1.54, 1.807) is 30.3 Å². The number of amides is 1. The molecule has 0 aliphatic heterocycles. The molecular formula is C21H19F3N2O5S. The SMILES string of the molecule is CS(=O)(=O)Nc1cc(C(=O)NC2(C(F)(F)F)C=CC(c3ccccc3)=CC2)cc(O)c1O. The van der Waals surface area contributed by atoms with Gasteiger partial charge in [-0.25, -0.2) is 8.42 Å². The van der Waals surface area contributed by atoms with Crippen LogP contribution in [-0.4, -0.2) is 42.5 Å². The van der Waals surface area contributed by atoms with E-state index < -0.39 is 56.8 Å². The number of anilines is 1. The van der Waals surface area contributed by atoms with E-state index in [1.807, 2.05) is 10.0 Å². The lowest BCUT2D eigenvalue weighted by molar-refractivity contribution is -0.177. The van der Waals surface area contributed by atoms with Crippen LogP contribution in [-0.2, 0) is 10.0 Å². The van der Waals surface area contributed by atoms with Crippen molar-refractivity contribution >= 4 is 27.2 Å². The first-order valence-corrected chi connectivity index (χ1v) is 11.1. The molecule has 0 bridgehead atoms. The third-order valence-electron chi connectivity index (χ3n) is 4.79. The van der Waals surface area contributed by atoms with Crippen molar-refractivity contribution in [3.05, 3.63) is 71.8 Å². The van der Waals surface area contributed by atoms with Crippen LogP contribution >= 0.6 is 0 Å². The Morgan fingerprint density at radius 2 is 1.78 bits per heavy atom. The summed E-state index contributed by atoms with van der Waals surface area (Å²) in [5, 5.41) is 21.5. The molecule has 11 heteroatoms. The molecule has 0 spiro atoms. The fourth-order valence-corrected chi connectivity index (χ4v) is 3.72. The summed E-state index contributed by atoms with van der Waals surface area (Å²) in [6.45, 7) is 0. The molecule has 1 aliphatic carbocycles. The lowest BCUT2D eigenvalue weighted by Gasteiger charge is -2.35. The maximum Gasteiger partial charge on any atom is 0.415 e. The summed E-state index contributed by atoms with van der Waals surface area (Å²) in [5.41, 5.74) is -2.49. The van der Waals surface area contributed by atoms with Gasteiger partial charge in [-0.15, -0.1) is 0 Å². The minimum Gasteiger partial charge on any atom is -0.504 e. The molecular weight excluding hydrogens is 449 g/mol. The molecule has 0 saturated carbocycles. The molecule has 32 heavy (non-hydrogen) atoms. The molecule has 0 fully saturated rings. The average Bonchev–Trinajstić information content (AvgIpc) is 2.70. The second-order valence-corrected chi connectivity index (χ2v) is 9.00. The number of allylic oxidation sites excluding steroid dienone is 2. The van der Waals surface area contributed by atoms with Crippen LogP contribution in [0.5, 0.6) is 11.5 Å². The smallest absolute Gasteiger partial charge is 0.415 e. The Bertz CT molecular complexity index is 1210. The summed E-state index contributed by atoms with van der Waals surface area (Å²) < 4.78 is 66.6. The Labute approximate surface area is 181 Å². The van der Waals surface area contributed by atoms with Crippen LogP contribution in [0.3, 0.4) is 0 Å². The number of phenolic OH excluding ortho intramolecular Hbond substituents is 2. The Kier molecular flexibility index (Phi) is 5.96. The van der Waals surface area contributed by atoms with Gasteiger partial charge in [-0.1, -0.05) is 42.5 Å². The number of hydrogen-bond donors (Lipinski definition) is 4. The van der Waals surface area contributed by atoms with E-state index in [4.69, 9.17) is 0 Å². The van der Waals surface area contributed by atoms with Gasteiger partial charge in [0.2, 0.25) is 10.0 Å². The summed E-state index contributed by atoms with van der Waals surface area (Å²) >= 11 is 0. The molecule has 1 unspecified atom stereocenters. The van der Waals surface area contributed by atoms with Gasteiger partial charge in [0.15, 0.2) is 17.0 Å². The van der Waals surface area contributed by atoms with Crippen molar-refractivity contribution < 1.29 is 36.6 Å². The van der Waals surface area contributed by atoms with Gasteiger partial charge in [0, 0.05) is 12.0 Å². The van der Waals surface area contributed by atoms with E-state index in [9.17, 15) is 36.6 Å². The number of halogens is 3. The first-order valence-electron chi connectivity index (χ1n) is 9.19. The number of carbonyl (C=O) groups excluding carboxylic acids is 1. The van der Waals surface area contributed by atoms with Crippen LogP contribution in [0.1, 0.15) is 22.3 Å². The molecule has 4 N–H and O–H groups in total. The highest BCUT2D eigenvalue weighted by Gasteiger charge is 2.54. The summed E-state index contributed by atoms with van der Waals surface area (Å²) in [6.07, 6.45) is -1.21. The van der Waals surface area contributed by atoms with E-state index >= 15 is 0 Å². The molecule has 0 radical (unpaired) electrons. The number of benzene rings is 2. The summed E-state index contributed by atoms with van der Waals surface area (Å²) in [7, 11) is -3.91. The van der Waals surface area contributed by atoms with E-state index in [0.717, 1.165) is 24.5 Å². The highest BCUT2D eigenvalue weighted by Crippen LogP contribution is 2.40. The number of phenols is 2. The number of sulfonamides is 1. The Hall–Kier alpha value is -3.47. The van der Waals surface area contributed by atoms with Gasteiger partial charge in [0.1, 0.15) is 0 Å². The number of rotatable bonds is 5. The molecule has 2 aromatic carbocycles. The van der Waals surface area contributed by atoms with Crippen LogP contribution in [0.25, 0.3) is 5.57 Å². The van der Waals surface area contributed by atoms with Crippen LogP contribution in [0, 0.1) is 0 Å². The lowest BCUT2D eigenvalue weighted by atomic mass is 9.85. The third-order valence-corrected chi connectivity index (χ3v) is 5.38. The normalized spacial score (nSPS) is 18.7. The Morgan fingerprint density at radius 3 is 2.31 bits per heavy atom. The van der Waals surface area contributed by atoms with Crippen molar-refractivity contribution in [2.75, 3.05) is 11.0 Å². The van der Waals surface area contributed by atoms with Crippen molar-refractivity contribution in [2.45, 2.75) is 18.1 Å². The van der Waals surface area contributed by atoms with Crippen molar-refractivity contribution in [1.29, 1.82) is 0 Å². The van der Waals surface area contributed by atoms with Crippen molar-refractivity contribution in [2.24, 2.45) is 0 Å². The number of nitrogens with one attached hydrogen (secondary N) is 2. The third kappa shape index (κ3) is 4.88. The summed E-state index contributed by atoms with van der Waals surface area (Å²) in [4.78, 5) is 12.7. The number of alkyl halides is 3. The standard InChI is InChI=1S/C21H19F3N2O5S/c1-32(30,31)26-16-11-15(12-17(27)18(16)28)19(29)25-20(21(22,23)24)9-7-14(8-10-20)13-5-3-2-4-6-13/h2-9,11-12,26-28H,10H2,1H3,(H,25,29). The Morgan fingerprint density at radius 1 is 1.12 bits per heavy atom. The Balaban J connectivity index is 1.92. The van der Waals surface area contributed by atoms with Crippen molar-refractivity contribution in [1.82, 2.24) is 5.32 Å². The second-order valence-electron chi connectivity index (χ2n) is 7.25. The van der Waals surface area contributed by atoms with E-state index in [1.165, 1.54) is 12.2 Å². The summed E-state index contributed by atoms with van der Waals surface area (Å²) in [5.74, 6) is -2.98. The fraction of sp³-hybridized carbons (Fsp3) is 0.190. The van der Waals surface area contributed by atoms with Gasteiger partial charge in [-0.05, 0) is 29.3 Å². The minimum atomic E-state index is -4.86. The van der Waals surface area contributed by atoms with Crippen LogP contribution in [0.4, 0.5) is 18.9 Å².